The maximum Gasteiger partial charge on any atom is 0.257 e. The number of benzene rings is 1. The molecule has 1 amide bonds. The van der Waals surface area contributed by atoms with E-state index in [2.05, 4.69) is 37.0 Å². The second-order valence-corrected chi connectivity index (χ2v) is 8.21. The number of amides is 1. The van der Waals surface area contributed by atoms with E-state index in [0.717, 1.165) is 11.5 Å². The zero-order valence-corrected chi connectivity index (χ0v) is 20.3. The third-order valence-corrected chi connectivity index (χ3v) is 5.70. The fourth-order valence-corrected chi connectivity index (χ4v) is 3.97. The van der Waals surface area contributed by atoms with Crippen LogP contribution in [0.15, 0.2) is 91.5 Å². The van der Waals surface area contributed by atoms with Gasteiger partial charge in [-0.05, 0) is 55.8 Å². The van der Waals surface area contributed by atoms with Crippen LogP contribution in [-0.2, 0) is 6.42 Å². The Kier molecular flexibility index (Phi) is 6.93. The summed E-state index contributed by atoms with van der Waals surface area (Å²) in [6.07, 6.45) is 5.90. The van der Waals surface area contributed by atoms with Crippen molar-refractivity contribution in [2.75, 3.05) is 6.61 Å². The molecule has 0 atom stereocenters. The Morgan fingerprint density at radius 2 is 1.84 bits per heavy atom. The van der Waals surface area contributed by atoms with Gasteiger partial charge in [0.2, 0.25) is 0 Å². The Morgan fingerprint density at radius 3 is 2.62 bits per heavy atom. The molecule has 0 aliphatic carbocycles. The summed E-state index contributed by atoms with van der Waals surface area (Å²) in [5.74, 6) is 1.76. The van der Waals surface area contributed by atoms with E-state index < -0.39 is 0 Å². The molecule has 0 radical (unpaired) electrons. The van der Waals surface area contributed by atoms with Crippen LogP contribution in [-0.4, -0.2) is 42.2 Å². The first-order valence-corrected chi connectivity index (χ1v) is 11.9. The zero-order valence-electron chi connectivity index (χ0n) is 20.3. The van der Waals surface area contributed by atoms with Crippen LogP contribution < -0.4 is 10.1 Å². The molecule has 0 spiro atoms. The van der Waals surface area contributed by atoms with E-state index in [4.69, 9.17) is 4.74 Å². The number of hydrogen-bond acceptors (Lipinski definition) is 7. The van der Waals surface area contributed by atoms with Crippen LogP contribution in [0.4, 0.5) is 0 Å². The molecule has 0 fully saturated rings. The lowest BCUT2D eigenvalue weighted by Gasteiger charge is -2.12. The standard InChI is InChI=1S/C28H25N7O2/c1-3-37-21-12-13-24(31-18-21)27-34-33-25(35(27)20-8-5-4-6-9-20)14-11-19(2)32-28(36)22-15-17-29-23-10-7-16-30-26(22)23/h4-10,12-13,15-18H,2-3,11,14H2,1H3,(H,32,36). The van der Waals surface area contributed by atoms with E-state index >= 15 is 0 Å². The quantitative estimate of drug-likeness (QED) is 0.322. The molecule has 4 heterocycles. The Balaban J connectivity index is 1.35. The number of aryl methyl sites for hydroxylation is 1. The molecule has 0 bridgehead atoms. The predicted octanol–water partition coefficient (Wildman–Crippen LogP) is 4.55. The van der Waals surface area contributed by atoms with Gasteiger partial charge in [-0.2, -0.15) is 0 Å². The molecule has 9 heteroatoms. The topological polar surface area (TPSA) is 108 Å². The second kappa shape index (κ2) is 10.8. The lowest BCUT2D eigenvalue weighted by Crippen LogP contribution is -2.23. The van der Waals surface area contributed by atoms with Gasteiger partial charge < -0.3 is 10.1 Å². The van der Waals surface area contributed by atoms with E-state index in [0.29, 0.717) is 59.0 Å². The lowest BCUT2D eigenvalue weighted by molar-refractivity contribution is 0.0966. The Morgan fingerprint density at radius 1 is 0.973 bits per heavy atom. The van der Waals surface area contributed by atoms with Crippen molar-refractivity contribution in [3.63, 3.8) is 0 Å². The van der Waals surface area contributed by atoms with Gasteiger partial charge in [-0.25, -0.2) is 4.98 Å². The van der Waals surface area contributed by atoms with Gasteiger partial charge in [0.05, 0.1) is 23.9 Å². The molecular weight excluding hydrogens is 466 g/mol. The SMILES string of the molecule is C=C(CCc1nnc(-c2ccc(OCC)cn2)n1-c1ccccc1)NC(=O)c1ccnc2cccnc12. The minimum atomic E-state index is -0.278. The number of nitrogens with zero attached hydrogens (tertiary/aromatic N) is 6. The molecule has 1 aromatic carbocycles. The van der Waals surface area contributed by atoms with E-state index in [-0.39, 0.29) is 5.91 Å². The fourth-order valence-electron chi connectivity index (χ4n) is 3.97. The minimum Gasteiger partial charge on any atom is -0.492 e. The van der Waals surface area contributed by atoms with Gasteiger partial charge in [0.15, 0.2) is 5.82 Å². The number of ether oxygens (including phenoxy) is 1. The highest BCUT2D eigenvalue weighted by atomic mass is 16.5. The number of aromatic nitrogens is 6. The Labute approximate surface area is 213 Å². The summed E-state index contributed by atoms with van der Waals surface area (Å²) in [6, 6.07) is 18.8. The first kappa shape index (κ1) is 23.8. The number of carbonyl (C=O) groups excluding carboxylic acids is 1. The molecule has 4 aromatic heterocycles. The largest absolute Gasteiger partial charge is 0.492 e. The van der Waals surface area contributed by atoms with Crippen molar-refractivity contribution in [3.05, 3.63) is 103 Å². The maximum absolute atomic E-state index is 12.9. The summed E-state index contributed by atoms with van der Waals surface area (Å²) in [7, 11) is 0. The fraction of sp³-hybridized carbons (Fsp3) is 0.143. The summed E-state index contributed by atoms with van der Waals surface area (Å²) >= 11 is 0. The van der Waals surface area contributed by atoms with Crippen molar-refractivity contribution in [1.82, 2.24) is 35.0 Å². The molecule has 5 rings (SSSR count). The molecule has 1 N–H and O–H groups in total. The molecule has 0 aliphatic rings. The number of rotatable bonds is 9. The average Bonchev–Trinajstić information content (AvgIpc) is 3.36. The van der Waals surface area contributed by atoms with Gasteiger partial charge in [0.25, 0.3) is 5.91 Å². The molecule has 0 aliphatic heterocycles. The van der Waals surface area contributed by atoms with Crippen LogP contribution in [0.3, 0.4) is 0 Å². The monoisotopic (exact) mass is 491 g/mol. The van der Waals surface area contributed by atoms with Gasteiger partial charge in [-0.1, -0.05) is 24.8 Å². The summed E-state index contributed by atoms with van der Waals surface area (Å²) in [6.45, 7) is 6.56. The van der Waals surface area contributed by atoms with Crippen molar-refractivity contribution in [2.24, 2.45) is 0 Å². The highest BCUT2D eigenvalue weighted by Gasteiger charge is 2.18. The van der Waals surface area contributed by atoms with E-state index in [1.165, 1.54) is 0 Å². The van der Waals surface area contributed by atoms with Crippen LogP contribution >= 0.6 is 0 Å². The predicted molar refractivity (Wildman–Crippen MR) is 140 cm³/mol. The average molecular weight is 492 g/mol. The first-order valence-electron chi connectivity index (χ1n) is 11.9. The van der Waals surface area contributed by atoms with Crippen molar-refractivity contribution in [3.8, 4) is 23.0 Å². The maximum atomic E-state index is 12.9. The number of nitrogens with one attached hydrogen (secondary N) is 1. The molecule has 0 saturated carbocycles. The van der Waals surface area contributed by atoms with Gasteiger partial charge >= 0.3 is 0 Å². The summed E-state index contributed by atoms with van der Waals surface area (Å²) in [4.78, 5) is 26.0. The van der Waals surface area contributed by atoms with E-state index in [9.17, 15) is 4.79 Å². The third kappa shape index (κ3) is 5.20. The molecule has 184 valence electrons. The molecule has 5 aromatic rings. The van der Waals surface area contributed by atoms with Crippen LogP contribution in [0, 0.1) is 0 Å². The smallest absolute Gasteiger partial charge is 0.257 e. The van der Waals surface area contributed by atoms with Crippen molar-refractivity contribution < 1.29 is 9.53 Å². The van der Waals surface area contributed by atoms with Crippen molar-refractivity contribution in [2.45, 2.75) is 19.8 Å². The summed E-state index contributed by atoms with van der Waals surface area (Å²) < 4.78 is 7.48. The number of pyridine rings is 3. The van der Waals surface area contributed by atoms with Gasteiger partial charge in [0.1, 0.15) is 22.8 Å². The van der Waals surface area contributed by atoms with Crippen LogP contribution in [0.1, 0.15) is 29.5 Å². The molecule has 0 unspecified atom stereocenters. The van der Waals surface area contributed by atoms with Crippen molar-refractivity contribution >= 4 is 16.9 Å². The number of fused-ring (bicyclic) bond motifs is 1. The first-order chi connectivity index (χ1) is 18.1. The lowest BCUT2D eigenvalue weighted by atomic mass is 10.1. The van der Waals surface area contributed by atoms with Gasteiger partial charge in [0, 0.05) is 30.2 Å². The van der Waals surface area contributed by atoms with E-state index in [1.807, 2.05) is 60.0 Å². The Bertz CT molecular complexity index is 1540. The second-order valence-electron chi connectivity index (χ2n) is 8.21. The van der Waals surface area contributed by atoms with Crippen molar-refractivity contribution in [1.29, 1.82) is 0 Å². The van der Waals surface area contributed by atoms with Crippen LogP contribution in [0.25, 0.3) is 28.2 Å². The molecule has 9 nitrogen and oxygen atoms in total. The zero-order chi connectivity index (χ0) is 25.6. The third-order valence-electron chi connectivity index (χ3n) is 5.70. The highest BCUT2D eigenvalue weighted by molar-refractivity contribution is 6.05. The normalized spacial score (nSPS) is 10.8. The number of carbonyl (C=O) groups is 1. The molecular formula is C28H25N7O2. The van der Waals surface area contributed by atoms with Gasteiger partial charge in [-0.15, -0.1) is 10.2 Å². The highest BCUT2D eigenvalue weighted by Crippen LogP contribution is 2.24. The van der Waals surface area contributed by atoms with E-state index in [1.54, 1.807) is 30.7 Å². The Hall–Kier alpha value is -4.92. The minimum absolute atomic E-state index is 0.278. The molecule has 37 heavy (non-hydrogen) atoms. The van der Waals surface area contributed by atoms with Gasteiger partial charge in [-0.3, -0.25) is 19.3 Å². The van der Waals surface area contributed by atoms with Crippen LogP contribution in [0.5, 0.6) is 5.75 Å². The summed E-state index contributed by atoms with van der Waals surface area (Å²) in [5.41, 5.74) is 3.81. The van der Waals surface area contributed by atoms with Crippen LogP contribution in [0.2, 0.25) is 0 Å². The number of para-hydroxylation sites is 1. The number of hydrogen-bond donors (Lipinski definition) is 1. The number of allylic oxidation sites excluding steroid dienone is 1. The molecule has 0 saturated heterocycles. The summed E-state index contributed by atoms with van der Waals surface area (Å²) in [5, 5.41) is 11.8.